The van der Waals surface area contributed by atoms with Crippen molar-refractivity contribution in [2.75, 3.05) is 28.4 Å². The molecule has 24 nitrogen and oxygen atoms in total. The van der Waals surface area contributed by atoms with Crippen molar-refractivity contribution in [3.8, 4) is 6.07 Å². The van der Waals surface area contributed by atoms with E-state index in [9.17, 15) is 19.2 Å². The Kier molecular flexibility index (Phi) is 29.0. The third kappa shape index (κ3) is 14.6. The maximum absolute atomic E-state index is 11.4. The number of methoxy groups -OCH3 is 4. The first-order valence-electron chi connectivity index (χ1n) is 14.9. The summed E-state index contributed by atoms with van der Waals surface area (Å²) in [6.07, 6.45) is 2.15. The van der Waals surface area contributed by atoms with Crippen LogP contribution in [0.2, 0.25) is 0 Å². The first-order chi connectivity index (χ1) is 23.0. The molecule has 0 radical (unpaired) electrons. The van der Waals surface area contributed by atoms with Gasteiger partial charge in [0, 0.05) is 31.1 Å². The molecule has 4 atom stereocenters. The van der Waals surface area contributed by atoms with E-state index < -0.39 is 27.6 Å². The average molecular weight is 810 g/mol. The number of nitrogens with one attached hydrogen (secondary N) is 1. The van der Waals surface area contributed by atoms with Crippen LogP contribution in [0.3, 0.4) is 0 Å². The SMILES string of the molecule is CCC(C)(C#N)C(=O)OC.CCC(C)(C(=O)OC)c1nn[nH]n1.CCC(C)(C(=O)OC)c1nnn[n-]1.CCC(C)(C(=O)OC)c1nnn[n-]1.N.O.[NH4+].[Zn]. The predicted octanol–water partition coefficient (Wildman–Crippen LogP) is 0.190. The van der Waals surface area contributed by atoms with Crippen LogP contribution >= 0.6 is 0 Å². The maximum atomic E-state index is 11.4. The van der Waals surface area contributed by atoms with Crippen molar-refractivity contribution >= 4 is 23.9 Å². The van der Waals surface area contributed by atoms with Crippen LogP contribution in [0.5, 0.6) is 0 Å². The number of nitrogens with zero attached hydrogens (tertiary/aromatic N) is 12. The van der Waals surface area contributed by atoms with Crippen molar-refractivity contribution in [3.05, 3.63) is 17.5 Å². The van der Waals surface area contributed by atoms with Crippen molar-refractivity contribution in [1.82, 2.24) is 74.2 Å². The minimum Gasteiger partial charge on any atom is -0.468 e. The normalized spacial score (nSPS) is 13.9. The second-order valence-corrected chi connectivity index (χ2v) is 11.0. The number of ether oxygens (including phenoxy) is 4. The molecule has 0 spiro atoms. The number of H-pyrrole nitrogens is 1. The van der Waals surface area contributed by atoms with Crippen molar-refractivity contribution in [2.45, 2.75) is 97.3 Å². The number of hydrogen-bond acceptors (Lipinski definition) is 19. The minimum atomic E-state index is -0.964. The molecule has 0 aromatic carbocycles. The Hall–Kier alpha value is -4.92. The topological polar surface area (TPSA) is 392 Å². The number of aromatic nitrogens is 12. The molecule has 0 amide bonds. The molecule has 0 saturated heterocycles. The third-order valence-corrected chi connectivity index (χ3v) is 8.08. The number of esters is 4. The number of tetrazole rings is 3. The van der Waals surface area contributed by atoms with Crippen LogP contribution in [0.4, 0.5) is 0 Å². The summed E-state index contributed by atoms with van der Waals surface area (Å²) in [6.45, 7) is 14.1. The Balaban J connectivity index is -0.000000189. The molecular weight excluding hydrogens is 756 g/mol. The fraction of sp³-hybridized carbons (Fsp3) is 0.714. The summed E-state index contributed by atoms with van der Waals surface area (Å²) in [6, 6.07) is 1.90. The molecule has 0 saturated carbocycles. The van der Waals surface area contributed by atoms with Gasteiger partial charge in [-0.3, -0.25) is 39.8 Å². The summed E-state index contributed by atoms with van der Waals surface area (Å²) < 4.78 is 18.4. The van der Waals surface area contributed by atoms with Crippen molar-refractivity contribution in [3.63, 3.8) is 0 Å². The average Bonchev–Trinajstić information content (AvgIpc) is 3.98. The number of nitriles is 1. The van der Waals surface area contributed by atoms with E-state index in [2.05, 4.69) is 80.8 Å². The largest absolute Gasteiger partial charge is 0.468 e. The second kappa shape index (κ2) is 26.8. The van der Waals surface area contributed by atoms with E-state index in [1.54, 1.807) is 34.6 Å². The number of carbonyl (C=O) groups is 4. The number of hydrogen-bond donors (Lipinski definition) is 3. The van der Waals surface area contributed by atoms with Gasteiger partial charge >= 0.3 is 23.9 Å². The Morgan fingerprint density at radius 3 is 1.25 bits per heavy atom. The van der Waals surface area contributed by atoms with Crippen LogP contribution in [0.1, 0.15) is 98.5 Å². The summed E-state index contributed by atoms with van der Waals surface area (Å²) in [5, 5.41) is 49.8. The zero-order chi connectivity index (χ0) is 37.9. The molecule has 53 heavy (non-hydrogen) atoms. The molecule has 3 rings (SSSR count). The summed E-state index contributed by atoms with van der Waals surface area (Å²) in [5.41, 5.74) is -3.44. The van der Waals surface area contributed by atoms with E-state index in [1.165, 1.54) is 28.4 Å². The first kappa shape index (κ1) is 57.4. The molecule has 10 N–H and O–H groups in total. The van der Waals surface area contributed by atoms with E-state index in [1.807, 2.05) is 26.8 Å². The molecule has 3 heterocycles. The summed E-state index contributed by atoms with van der Waals surface area (Å²) in [5.74, 6) is -0.575. The molecule has 4 unspecified atom stereocenters. The van der Waals surface area contributed by atoms with Crippen LogP contribution in [-0.2, 0) is 73.8 Å². The third-order valence-electron chi connectivity index (χ3n) is 8.08. The van der Waals surface area contributed by atoms with Crippen molar-refractivity contribution in [1.29, 1.82) is 5.26 Å². The van der Waals surface area contributed by atoms with Gasteiger partial charge in [0.05, 0.1) is 45.3 Å². The molecule has 0 fully saturated rings. The maximum Gasteiger partial charge on any atom is 0.325 e. The van der Waals surface area contributed by atoms with Crippen LogP contribution in [-0.4, -0.2) is 109 Å². The molecule has 0 aliphatic rings. The molecule has 0 aliphatic heterocycles. The number of carbonyl (C=O) groups excluding carboxylic acids is 4. The van der Waals surface area contributed by atoms with Gasteiger partial charge in [-0.15, -0.1) is 10.2 Å². The fourth-order valence-corrected chi connectivity index (χ4v) is 3.48. The Morgan fingerprint density at radius 2 is 1.04 bits per heavy atom. The van der Waals surface area contributed by atoms with Crippen molar-refractivity contribution in [2.24, 2.45) is 5.41 Å². The van der Waals surface area contributed by atoms with Crippen LogP contribution in [0.15, 0.2) is 0 Å². The zero-order valence-electron chi connectivity index (χ0n) is 32.9. The van der Waals surface area contributed by atoms with Gasteiger partial charge in [0.15, 0.2) is 11.2 Å². The number of aromatic amines is 1. The molecule has 3 aromatic rings. The van der Waals surface area contributed by atoms with E-state index in [4.69, 9.17) is 5.26 Å². The van der Waals surface area contributed by atoms with Gasteiger partial charge in [0.1, 0.15) is 5.41 Å². The molecule has 0 aliphatic carbocycles. The van der Waals surface area contributed by atoms with Crippen molar-refractivity contribution < 1.29 is 63.1 Å². The van der Waals surface area contributed by atoms with Gasteiger partial charge in [-0.1, -0.05) is 32.9 Å². The van der Waals surface area contributed by atoms with Crippen LogP contribution in [0.25, 0.3) is 0 Å². The summed E-state index contributed by atoms with van der Waals surface area (Å²) in [4.78, 5) is 45.1. The number of rotatable bonds is 11. The molecule has 25 heteroatoms. The predicted molar refractivity (Wildman–Crippen MR) is 180 cm³/mol. The second-order valence-electron chi connectivity index (χ2n) is 11.0. The van der Waals surface area contributed by atoms with Gasteiger partial charge < -0.3 is 46.9 Å². The summed E-state index contributed by atoms with van der Waals surface area (Å²) >= 11 is 0. The van der Waals surface area contributed by atoms with E-state index in [-0.39, 0.29) is 55.2 Å². The minimum absolute atomic E-state index is 0. The van der Waals surface area contributed by atoms with Crippen LogP contribution in [0, 0.1) is 16.7 Å². The van der Waals surface area contributed by atoms with Gasteiger partial charge in [-0.05, 0) is 53.4 Å². The van der Waals surface area contributed by atoms with Gasteiger partial charge in [-0.25, -0.2) is 0 Å². The smallest absolute Gasteiger partial charge is 0.325 e. The van der Waals surface area contributed by atoms with E-state index in [0.29, 0.717) is 43.2 Å². The quantitative estimate of drug-likeness (QED) is 0.132. The van der Waals surface area contributed by atoms with Gasteiger partial charge in [0.2, 0.25) is 0 Å². The standard InChI is InChI=1S/C7H12N4O2.2C7H11N4O2.C7H11NO2.2H3N.H2O.Zn/c3*1-4-7(2,6(12)13-3)5-8-10-11-9-5;1-4-7(2,5-8)6(9)10-3;;;;/h4H2,1-3H3,(H,8,9,10,11);2*4H2,1-3H3;4H2,1-3H3;2*1H3;1H2;/q;2*-1;;;;;/p+1. The van der Waals surface area contributed by atoms with E-state index >= 15 is 0 Å². The monoisotopic (exact) mass is 808 g/mol. The Labute approximate surface area is 320 Å². The molecular formula is C28H54N15O9Zn-. The van der Waals surface area contributed by atoms with Crippen LogP contribution < -0.4 is 22.5 Å². The summed E-state index contributed by atoms with van der Waals surface area (Å²) in [7, 11) is 5.30. The zero-order valence-corrected chi connectivity index (χ0v) is 35.8. The number of quaternary nitrogens is 1. The van der Waals surface area contributed by atoms with Gasteiger partial charge in [0.25, 0.3) is 0 Å². The van der Waals surface area contributed by atoms with E-state index in [0.717, 1.165) is 0 Å². The first-order valence-corrected chi connectivity index (χ1v) is 14.9. The molecule has 3 aromatic heterocycles. The fourth-order valence-electron chi connectivity index (χ4n) is 3.48. The Morgan fingerprint density at radius 1 is 0.679 bits per heavy atom. The van der Waals surface area contributed by atoms with Gasteiger partial charge in [-0.2, -0.15) is 20.9 Å². The molecule has 298 valence electrons. The molecule has 0 bridgehead atoms. The Bertz CT molecular complexity index is 1330.